The highest BCUT2D eigenvalue weighted by molar-refractivity contribution is 7.80. The fourth-order valence-corrected chi connectivity index (χ4v) is 5.07. The van der Waals surface area contributed by atoms with E-state index in [0.29, 0.717) is 30.2 Å². The number of alkyl halides is 3. The van der Waals surface area contributed by atoms with Crippen LogP contribution in [0.15, 0.2) is 60.8 Å². The number of benzene rings is 2. The molecule has 2 aromatic carbocycles. The minimum atomic E-state index is -1.83. The fraction of sp³-hybridized carbons (Fsp3) is 0.280. The number of carbonyl (C=O) groups excluding carboxylic acids is 2. The number of nitrogens with one attached hydrogen (secondary N) is 1. The molecule has 1 unspecified atom stereocenters. The van der Waals surface area contributed by atoms with Gasteiger partial charge in [-0.1, -0.05) is 65.1 Å². The Labute approximate surface area is 229 Å². The molecule has 2 amide bonds. The molecular formula is C25H24Cl3N5O2S. The monoisotopic (exact) mass is 563 g/mol. The largest absolute Gasteiger partial charge is 0.366 e. The van der Waals surface area contributed by atoms with E-state index < -0.39 is 15.9 Å². The topological polar surface area (TPSA) is 91.6 Å². The number of primary amides is 1. The molecule has 1 fully saturated rings. The first-order valence-electron chi connectivity index (χ1n) is 11.3. The highest BCUT2D eigenvalue weighted by Gasteiger charge is 2.42. The molecule has 0 bridgehead atoms. The van der Waals surface area contributed by atoms with Crippen LogP contribution in [0.25, 0.3) is 10.9 Å². The van der Waals surface area contributed by atoms with E-state index in [0.717, 1.165) is 28.6 Å². The van der Waals surface area contributed by atoms with Crippen LogP contribution in [0, 0.1) is 0 Å². The number of rotatable bonds is 7. The molecular weight excluding hydrogens is 541 g/mol. The third-order valence-electron chi connectivity index (χ3n) is 5.96. The lowest BCUT2D eigenvalue weighted by Crippen LogP contribution is -2.62. The van der Waals surface area contributed by atoms with Crippen LogP contribution in [-0.4, -0.2) is 49.9 Å². The summed E-state index contributed by atoms with van der Waals surface area (Å²) in [5, 5.41) is 4.29. The van der Waals surface area contributed by atoms with E-state index >= 15 is 0 Å². The standard InChI is InChI=1S/C25H24Cl3N5O2S/c26-25(27,28)23(31-20(34)12-9-16-7-10-18(11-8-16)22(29)35)33-15-3-14-32(24(33)36)19-6-1-4-17-5-2-13-30-21(17)19/h1-2,4-8,10-11,13,23H,3,9,12,14-15H2,(H2,29,35)(H,31,34). The van der Waals surface area contributed by atoms with Gasteiger partial charge in [0.25, 0.3) is 0 Å². The van der Waals surface area contributed by atoms with Gasteiger partial charge in [-0.15, -0.1) is 0 Å². The molecule has 4 rings (SSSR count). The summed E-state index contributed by atoms with van der Waals surface area (Å²) in [5.74, 6) is -0.798. The van der Waals surface area contributed by atoms with Gasteiger partial charge in [-0.2, -0.15) is 0 Å². The van der Waals surface area contributed by atoms with Gasteiger partial charge in [0.05, 0.1) is 11.2 Å². The maximum Gasteiger partial charge on any atom is 0.248 e. The molecule has 1 aromatic heterocycles. The van der Waals surface area contributed by atoms with Crippen molar-refractivity contribution < 1.29 is 9.59 Å². The van der Waals surface area contributed by atoms with Gasteiger partial charge in [0, 0.05) is 36.7 Å². The number of para-hydroxylation sites is 1. The quantitative estimate of drug-likeness (QED) is 0.323. The van der Waals surface area contributed by atoms with Crippen LogP contribution in [0.4, 0.5) is 5.69 Å². The molecule has 36 heavy (non-hydrogen) atoms. The Morgan fingerprint density at radius 3 is 2.50 bits per heavy atom. The summed E-state index contributed by atoms with van der Waals surface area (Å²) in [6, 6.07) is 16.5. The summed E-state index contributed by atoms with van der Waals surface area (Å²) >= 11 is 24.8. The molecule has 188 valence electrons. The number of fused-ring (bicyclic) bond motifs is 1. The van der Waals surface area contributed by atoms with Gasteiger partial charge in [0.15, 0.2) is 11.3 Å². The first-order valence-corrected chi connectivity index (χ1v) is 12.9. The number of nitrogens with zero attached hydrogens (tertiary/aromatic N) is 3. The van der Waals surface area contributed by atoms with Crippen LogP contribution in [0.3, 0.4) is 0 Å². The lowest BCUT2D eigenvalue weighted by atomic mass is 10.1. The van der Waals surface area contributed by atoms with Crippen molar-refractivity contribution in [3.63, 3.8) is 0 Å². The van der Waals surface area contributed by atoms with E-state index in [1.54, 1.807) is 35.4 Å². The van der Waals surface area contributed by atoms with Gasteiger partial charge in [-0.25, -0.2) is 0 Å². The number of aryl methyl sites for hydroxylation is 1. The van der Waals surface area contributed by atoms with Crippen LogP contribution in [0.2, 0.25) is 0 Å². The number of anilines is 1. The number of amides is 2. The first-order chi connectivity index (χ1) is 17.1. The predicted molar refractivity (Wildman–Crippen MR) is 149 cm³/mol. The smallest absolute Gasteiger partial charge is 0.248 e. The number of hydrogen-bond donors (Lipinski definition) is 2. The van der Waals surface area contributed by atoms with E-state index in [1.807, 2.05) is 35.2 Å². The summed E-state index contributed by atoms with van der Waals surface area (Å²) in [6.07, 6.45) is 2.11. The molecule has 1 aliphatic heterocycles. The zero-order valence-electron chi connectivity index (χ0n) is 19.2. The lowest BCUT2D eigenvalue weighted by molar-refractivity contribution is -0.122. The van der Waals surface area contributed by atoms with Crippen molar-refractivity contribution in [2.24, 2.45) is 5.73 Å². The number of thiocarbonyl (C=S) groups is 1. The second kappa shape index (κ2) is 11.2. The molecule has 0 saturated carbocycles. The number of nitrogens with two attached hydrogens (primary N) is 1. The molecule has 7 nitrogen and oxygen atoms in total. The molecule has 0 aliphatic carbocycles. The van der Waals surface area contributed by atoms with E-state index in [-0.39, 0.29) is 12.3 Å². The summed E-state index contributed by atoms with van der Waals surface area (Å²) < 4.78 is -1.83. The number of aromatic nitrogens is 1. The fourth-order valence-electron chi connectivity index (χ4n) is 4.17. The molecule has 1 atom stereocenters. The third-order valence-corrected chi connectivity index (χ3v) is 7.03. The Morgan fingerprint density at radius 1 is 1.08 bits per heavy atom. The molecule has 1 saturated heterocycles. The molecule has 3 N–H and O–H groups in total. The SMILES string of the molecule is NC(=O)c1ccc(CCC(=O)NC(N2CCCN(c3cccc4cccnc34)C2=S)C(Cl)(Cl)Cl)cc1. The van der Waals surface area contributed by atoms with Gasteiger partial charge < -0.3 is 20.9 Å². The van der Waals surface area contributed by atoms with Crippen molar-refractivity contribution in [3.8, 4) is 0 Å². The maximum absolute atomic E-state index is 12.9. The summed E-state index contributed by atoms with van der Waals surface area (Å²) in [5.41, 5.74) is 8.24. The summed E-state index contributed by atoms with van der Waals surface area (Å²) in [7, 11) is 0. The third kappa shape index (κ3) is 6.00. The minimum Gasteiger partial charge on any atom is -0.366 e. The second-order valence-corrected chi connectivity index (χ2v) is 11.1. The van der Waals surface area contributed by atoms with Crippen molar-refractivity contribution in [3.05, 3.63) is 71.9 Å². The predicted octanol–water partition coefficient (Wildman–Crippen LogP) is 4.58. The Kier molecular flexibility index (Phi) is 8.20. The van der Waals surface area contributed by atoms with Gasteiger partial charge >= 0.3 is 0 Å². The van der Waals surface area contributed by atoms with Gasteiger partial charge in [-0.3, -0.25) is 14.6 Å². The highest BCUT2D eigenvalue weighted by Crippen LogP contribution is 2.35. The first kappa shape index (κ1) is 26.4. The van der Waals surface area contributed by atoms with Gasteiger partial charge in [-0.05, 0) is 54.9 Å². The van der Waals surface area contributed by atoms with E-state index in [4.69, 9.17) is 52.8 Å². The number of halogens is 3. The number of hydrogen-bond acceptors (Lipinski definition) is 4. The highest BCUT2D eigenvalue weighted by atomic mass is 35.6. The lowest BCUT2D eigenvalue weighted by Gasteiger charge is -2.44. The number of pyridine rings is 1. The van der Waals surface area contributed by atoms with Crippen LogP contribution in [-0.2, 0) is 11.2 Å². The van der Waals surface area contributed by atoms with Crippen molar-refractivity contribution >= 4 is 80.5 Å². The molecule has 2 heterocycles. The Hall–Kier alpha value is -2.65. The van der Waals surface area contributed by atoms with Crippen molar-refractivity contribution in [2.45, 2.75) is 29.2 Å². The zero-order chi connectivity index (χ0) is 25.9. The molecule has 0 radical (unpaired) electrons. The van der Waals surface area contributed by atoms with E-state index in [1.165, 1.54) is 0 Å². The van der Waals surface area contributed by atoms with Gasteiger partial charge in [0.1, 0.15) is 0 Å². The summed E-state index contributed by atoms with van der Waals surface area (Å²) in [4.78, 5) is 32.4. The average Bonchev–Trinajstić information content (AvgIpc) is 2.86. The Balaban J connectivity index is 1.49. The van der Waals surface area contributed by atoms with Crippen molar-refractivity contribution in [1.29, 1.82) is 0 Å². The molecule has 1 aliphatic rings. The second-order valence-electron chi connectivity index (χ2n) is 8.41. The van der Waals surface area contributed by atoms with Gasteiger partial charge in [0.2, 0.25) is 15.6 Å². The molecule has 11 heteroatoms. The Bertz CT molecular complexity index is 1280. The van der Waals surface area contributed by atoms with E-state index in [2.05, 4.69) is 10.3 Å². The van der Waals surface area contributed by atoms with Crippen molar-refractivity contribution in [2.75, 3.05) is 18.0 Å². The zero-order valence-corrected chi connectivity index (χ0v) is 22.2. The van der Waals surface area contributed by atoms with E-state index in [9.17, 15) is 9.59 Å². The van der Waals surface area contributed by atoms with Crippen molar-refractivity contribution in [1.82, 2.24) is 15.2 Å². The van der Waals surface area contributed by atoms with Crippen LogP contribution in [0.5, 0.6) is 0 Å². The Morgan fingerprint density at radius 2 is 1.81 bits per heavy atom. The maximum atomic E-state index is 12.9. The average molecular weight is 565 g/mol. The molecule has 0 spiro atoms. The van der Waals surface area contributed by atoms with Crippen LogP contribution < -0.4 is 16.0 Å². The van der Waals surface area contributed by atoms with Crippen LogP contribution in [0.1, 0.15) is 28.8 Å². The number of carbonyl (C=O) groups is 2. The summed E-state index contributed by atoms with van der Waals surface area (Å²) in [6.45, 7) is 1.19. The van der Waals surface area contributed by atoms with Crippen LogP contribution >= 0.6 is 47.0 Å². The normalized spacial score (nSPS) is 15.1. The minimum absolute atomic E-state index is 0.157. The molecule has 3 aromatic rings.